The number of carbonyl (C=O) groups excluding carboxylic acids is 2. The normalized spacial score (nSPS) is 12.1. The number of hydrogen-bond donors (Lipinski definition) is 2. The van der Waals surface area contributed by atoms with Crippen molar-refractivity contribution in [3.05, 3.63) is 67.9 Å². The fourth-order valence-corrected chi connectivity index (χ4v) is 5.49. The van der Waals surface area contributed by atoms with E-state index < -0.39 is 23.6 Å². The van der Waals surface area contributed by atoms with Crippen molar-refractivity contribution in [2.45, 2.75) is 18.8 Å². The van der Waals surface area contributed by atoms with E-state index in [4.69, 9.17) is 51.0 Å². The van der Waals surface area contributed by atoms with Gasteiger partial charge in [-0.25, -0.2) is 38.3 Å². The smallest absolute Gasteiger partial charge is 0.358 e. The molecule has 0 atom stereocenters. The molecule has 0 spiro atoms. The Kier molecular flexibility index (Phi) is 11.1. The van der Waals surface area contributed by atoms with Crippen LogP contribution in [0.4, 0.5) is 31.8 Å². The lowest BCUT2D eigenvalue weighted by molar-refractivity contribution is 0.0584. The summed E-state index contributed by atoms with van der Waals surface area (Å²) in [5, 5.41) is 0.344. The number of methoxy groups -OCH3 is 2. The molecule has 4 aromatic rings. The maximum Gasteiger partial charge on any atom is 0.358 e. The van der Waals surface area contributed by atoms with Crippen LogP contribution in [0.15, 0.2) is 24.3 Å². The van der Waals surface area contributed by atoms with Gasteiger partial charge in [0.25, 0.3) is 0 Å². The van der Waals surface area contributed by atoms with Gasteiger partial charge in [0.2, 0.25) is 0 Å². The van der Waals surface area contributed by atoms with Gasteiger partial charge in [-0.15, -0.1) is 0 Å². The highest BCUT2D eigenvalue weighted by Gasteiger charge is 2.33. The van der Waals surface area contributed by atoms with E-state index in [-0.39, 0.29) is 78.2 Å². The Morgan fingerprint density at radius 3 is 1.56 bits per heavy atom. The topological polar surface area (TPSA) is 163 Å². The molecule has 1 fully saturated rings. The predicted octanol–water partition coefficient (Wildman–Crippen LogP) is 6.27. The molecule has 2 aromatic heterocycles. The summed E-state index contributed by atoms with van der Waals surface area (Å²) in [6, 6.07) is 5.93. The average molecular weight is 724 g/mol. The predicted molar refractivity (Wildman–Crippen MR) is 182 cm³/mol. The molecule has 1 aliphatic rings. The SMILES string of the molecule is COC(=O)c1nc(-c2ccc(Cl)c(N(C)C)c2F)nc(N)c1C1CC1.COC(=O)c1nc(-c2ccc(Cl)c(N(C)C)c2F)nc(N)c1Cl. The van der Waals surface area contributed by atoms with Crippen molar-refractivity contribution in [1.29, 1.82) is 0 Å². The van der Waals surface area contributed by atoms with Gasteiger partial charge in [0.05, 0.1) is 46.8 Å². The van der Waals surface area contributed by atoms with Gasteiger partial charge in [-0.1, -0.05) is 34.8 Å². The molecule has 0 saturated heterocycles. The zero-order valence-corrected chi connectivity index (χ0v) is 28.9. The molecule has 2 aromatic carbocycles. The minimum absolute atomic E-state index is 0.0274. The lowest BCUT2D eigenvalue weighted by Crippen LogP contribution is -2.15. The van der Waals surface area contributed by atoms with E-state index in [0.29, 0.717) is 5.56 Å². The third-order valence-corrected chi connectivity index (χ3v) is 8.09. The van der Waals surface area contributed by atoms with Crippen LogP contribution in [-0.4, -0.2) is 74.3 Å². The number of esters is 2. The van der Waals surface area contributed by atoms with Crippen molar-refractivity contribution < 1.29 is 27.8 Å². The van der Waals surface area contributed by atoms with Crippen LogP contribution in [0, 0.1) is 11.6 Å². The Balaban J connectivity index is 0.000000218. The summed E-state index contributed by atoms with van der Waals surface area (Å²) in [5.74, 6) is -2.52. The zero-order chi connectivity index (χ0) is 35.6. The van der Waals surface area contributed by atoms with Gasteiger partial charge in [0, 0.05) is 33.8 Å². The van der Waals surface area contributed by atoms with Crippen LogP contribution in [0.3, 0.4) is 0 Å². The number of carbonyl (C=O) groups is 2. The van der Waals surface area contributed by atoms with Gasteiger partial charge < -0.3 is 30.7 Å². The Morgan fingerprint density at radius 1 is 0.729 bits per heavy atom. The highest BCUT2D eigenvalue weighted by atomic mass is 35.5. The van der Waals surface area contributed by atoms with Crippen molar-refractivity contribution in [1.82, 2.24) is 19.9 Å². The molecule has 12 nitrogen and oxygen atoms in total. The van der Waals surface area contributed by atoms with Crippen LogP contribution in [0.25, 0.3) is 22.8 Å². The first-order valence-electron chi connectivity index (χ1n) is 14.1. The van der Waals surface area contributed by atoms with Gasteiger partial charge in [-0.05, 0) is 43.0 Å². The quantitative estimate of drug-likeness (QED) is 0.206. The molecule has 0 aliphatic heterocycles. The van der Waals surface area contributed by atoms with E-state index in [1.165, 1.54) is 37.3 Å². The number of nitrogens with zero attached hydrogens (tertiary/aromatic N) is 6. The number of ether oxygens (including phenoxy) is 2. The van der Waals surface area contributed by atoms with Gasteiger partial charge in [-0.2, -0.15) is 0 Å². The Bertz CT molecular complexity index is 1910. The van der Waals surface area contributed by atoms with Gasteiger partial charge >= 0.3 is 11.9 Å². The molecular weight excluding hydrogens is 693 g/mol. The minimum Gasteiger partial charge on any atom is -0.464 e. The highest BCUT2D eigenvalue weighted by Crippen LogP contribution is 2.44. The lowest BCUT2D eigenvalue weighted by atomic mass is 10.1. The second-order valence-corrected chi connectivity index (χ2v) is 12.0. The van der Waals surface area contributed by atoms with Crippen LogP contribution in [0.2, 0.25) is 15.1 Å². The zero-order valence-electron chi connectivity index (χ0n) is 26.7. The van der Waals surface area contributed by atoms with E-state index in [1.807, 2.05) is 0 Å². The Hall–Kier alpha value is -4.53. The molecule has 0 radical (unpaired) electrons. The van der Waals surface area contributed by atoms with Gasteiger partial charge in [0.15, 0.2) is 34.7 Å². The molecule has 4 N–H and O–H groups in total. The fraction of sp³-hybridized carbons (Fsp3) is 0.290. The van der Waals surface area contributed by atoms with Gasteiger partial charge in [0.1, 0.15) is 16.7 Å². The van der Waals surface area contributed by atoms with E-state index >= 15 is 0 Å². The van der Waals surface area contributed by atoms with Crippen molar-refractivity contribution in [3.8, 4) is 22.8 Å². The Labute approximate surface area is 289 Å². The van der Waals surface area contributed by atoms with Gasteiger partial charge in [-0.3, -0.25) is 0 Å². The number of hydrogen-bond acceptors (Lipinski definition) is 12. The summed E-state index contributed by atoms with van der Waals surface area (Å²) in [5.41, 5.74) is 12.7. The third kappa shape index (κ3) is 7.30. The van der Waals surface area contributed by atoms with E-state index in [0.717, 1.165) is 12.8 Å². The highest BCUT2D eigenvalue weighted by molar-refractivity contribution is 6.35. The largest absolute Gasteiger partial charge is 0.464 e. The summed E-state index contributed by atoms with van der Waals surface area (Å²) >= 11 is 18.0. The monoisotopic (exact) mass is 722 g/mol. The first-order chi connectivity index (χ1) is 22.6. The number of aromatic nitrogens is 4. The van der Waals surface area contributed by atoms with Crippen molar-refractivity contribution >= 4 is 69.8 Å². The lowest BCUT2D eigenvalue weighted by Gasteiger charge is -2.18. The van der Waals surface area contributed by atoms with Crippen LogP contribution < -0.4 is 21.3 Å². The molecule has 0 amide bonds. The summed E-state index contributed by atoms with van der Waals surface area (Å²) in [6.07, 6.45) is 1.83. The number of nitrogen functional groups attached to an aromatic ring is 2. The number of nitrogens with two attached hydrogens (primary N) is 2. The van der Waals surface area contributed by atoms with E-state index in [9.17, 15) is 18.4 Å². The molecule has 254 valence electrons. The number of benzene rings is 2. The van der Waals surface area contributed by atoms with E-state index in [2.05, 4.69) is 24.7 Å². The second kappa shape index (κ2) is 14.7. The fourth-order valence-electron chi connectivity index (χ4n) is 4.70. The molecule has 1 aliphatic carbocycles. The molecule has 0 unspecified atom stereocenters. The van der Waals surface area contributed by atoms with Crippen LogP contribution in [-0.2, 0) is 9.47 Å². The maximum atomic E-state index is 14.9. The summed E-state index contributed by atoms with van der Waals surface area (Å²) in [7, 11) is 9.09. The van der Waals surface area contributed by atoms with Crippen molar-refractivity contribution in [2.24, 2.45) is 0 Å². The molecule has 17 heteroatoms. The molecular formula is C31H31Cl3F2N8O4. The van der Waals surface area contributed by atoms with Crippen LogP contribution >= 0.6 is 34.8 Å². The Morgan fingerprint density at radius 2 is 1.15 bits per heavy atom. The van der Waals surface area contributed by atoms with E-state index in [1.54, 1.807) is 39.2 Å². The first kappa shape index (κ1) is 36.3. The van der Waals surface area contributed by atoms with Crippen LogP contribution in [0.5, 0.6) is 0 Å². The van der Waals surface area contributed by atoms with Crippen molar-refractivity contribution in [3.63, 3.8) is 0 Å². The molecule has 48 heavy (non-hydrogen) atoms. The maximum absolute atomic E-state index is 14.9. The average Bonchev–Trinajstić information content (AvgIpc) is 3.86. The number of anilines is 4. The molecule has 1 saturated carbocycles. The molecule has 2 heterocycles. The van der Waals surface area contributed by atoms with Crippen LogP contribution in [0.1, 0.15) is 45.3 Å². The standard InChI is InChI=1S/C17H18ClFN4O2.C14H13Cl2FN4O2/c1-23(2)14-10(18)7-6-9(12(14)19)16-21-13(17(24)25-3)11(8-4-5-8)15(20)22-16;1-21(2)11-7(15)5-4-6(9(11)17)13-19-10(14(22)23-3)8(16)12(18)20-13/h6-8H,4-5H2,1-3H3,(H2,20,21,22);4-5H,1-3H3,(H2,18,19,20). The molecule has 0 bridgehead atoms. The summed E-state index contributed by atoms with van der Waals surface area (Å²) in [6.45, 7) is 0. The number of rotatable bonds is 7. The summed E-state index contributed by atoms with van der Waals surface area (Å²) in [4.78, 5) is 43.3. The van der Waals surface area contributed by atoms with Crippen molar-refractivity contribution in [2.75, 3.05) is 63.7 Å². The second-order valence-electron chi connectivity index (χ2n) is 10.9. The summed E-state index contributed by atoms with van der Waals surface area (Å²) < 4.78 is 39.0. The molecule has 5 rings (SSSR count). The first-order valence-corrected chi connectivity index (χ1v) is 15.2. The minimum atomic E-state index is -0.799. The third-order valence-electron chi connectivity index (χ3n) is 7.11. The number of halogens is 5.